The molecule has 0 radical (unpaired) electrons. The maximum absolute atomic E-state index is 8.83. The molecule has 1 fully saturated rings. The summed E-state index contributed by atoms with van der Waals surface area (Å²) in [5, 5.41) is 8.83. The first-order chi connectivity index (χ1) is 6.81. The van der Waals surface area contributed by atoms with Crippen LogP contribution in [0.25, 0.3) is 0 Å². The predicted molar refractivity (Wildman–Crippen MR) is 49.0 cm³/mol. The quantitative estimate of drug-likeness (QED) is 0.656. The van der Waals surface area contributed by atoms with Gasteiger partial charge in [-0.15, -0.1) is 0 Å². The maximum atomic E-state index is 8.83. The van der Waals surface area contributed by atoms with E-state index in [0.717, 1.165) is 13.1 Å². The summed E-state index contributed by atoms with van der Waals surface area (Å²) in [6.45, 7) is 4.59. The Labute approximate surface area is 81.9 Å². The highest BCUT2D eigenvalue weighted by Gasteiger charge is 2.19. The van der Waals surface area contributed by atoms with Crippen molar-refractivity contribution in [1.29, 1.82) is 5.26 Å². The summed E-state index contributed by atoms with van der Waals surface area (Å²) < 4.78 is 10.6. The van der Waals surface area contributed by atoms with Crippen molar-refractivity contribution in [3.8, 4) is 6.07 Å². The summed E-state index contributed by atoms with van der Waals surface area (Å²) in [6.07, 6.45) is 0. The van der Waals surface area contributed by atoms with Gasteiger partial charge in [0.1, 0.15) is 6.07 Å². The fraction of sp³-hybridized carbons (Fsp3) is 0.556. The highest BCUT2D eigenvalue weighted by atomic mass is 16.5. The van der Waals surface area contributed by atoms with Crippen LogP contribution in [-0.4, -0.2) is 31.3 Å². The van der Waals surface area contributed by atoms with Gasteiger partial charge in [-0.2, -0.15) is 5.26 Å². The number of rotatable bonds is 1. The lowest BCUT2D eigenvalue weighted by Gasteiger charge is -2.25. The highest BCUT2D eigenvalue weighted by Crippen LogP contribution is 2.21. The molecule has 0 bridgehead atoms. The van der Waals surface area contributed by atoms with E-state index >= 15 is 0 Å². The third-order valence-corrected chi connectivity index (χ3v) is 2.12. The van der Waals surface area contributed by atoms with Crippen LogP contribution in [0.2, 0.25) is 0 Å². The fourth-order valence-corrected chi connectivity index (χ4v) is 1.47. The van der Waals surface area contributed by atoms with E-state index in [9.17, 15) is 0 Å². The molecule has 0 atom stereocenters. The van der Waals surface area contributed by atoms with Crippen LogP contribution in [0, 0.1) is 18.3 Å². The van der Waals surface area contributed by atoms with Crippen LogP contribution in [-0.2, 0) is 4.74 Å². The number of aromatic nitrogens is 1. The van der Waals surface area contributed by atoms with Crippen molar-refractivity contribution in [2.24, 2.45) is 0 Å². The Morgan fingerprint density at radius 3 is 2.79 bits per heavy atom. The van der Waals surface area contributed by atoms with Gasteiger partial charge in [-0.25, -0.2) is 4.98 Å². The smallest absolute Gasteiger partial charge is 0.234 e. The summed E-state index contributed by atoms with van der Waals surface area (Å²) in [7, 11) is 0. The maximum Gasteiger partial charge on any atom is 0.234 e. The second-order valence-electron chi connectivity index (χ2n) is 3.10. The average Bonchev–Trinajstić information content (AvgIpc) is 2.61. The van der Waals surface area contributed by atoms with Crippen LogP contribution in [0.1, 0.15) is 11.6 Å². The number of nitrogens with zero attached hydrogens (tertiary/aromatic N) is 3. The lowest BCUT2D eigenvalue weighted by molar-refractivity contribution is 0.120. The van der Waals surface area contributed by atoms with Crippen LogP contribution < -0.4 is 4.90 Å². The molecule has 1 aromatic heterocycles. The topological polar surface area (TPSA) is 62.3 Å². The molecule has 0 unspecified atom stereocenters. The van der Waals surface area contributed by atoms with Crippen LogP contribution in [0.15, 0.2) is 4.42 Å². The molecule has 0 aromatic carbocycles. The van der Waals surface area contributed by atoms with Gasteiger partial charge in [0.05, 0.1) is 13.2 Å². The van der Waals surface area contributed by atoms with Gasteiger partial charge in [-0.05, 0) is 0 Å². The molecule has 5 nitrogen and oxygen atoms in total. The number of morpholine rings is 1. The Morgan fingerprint density at radius 1 is 1.43 bits per heavy atom. The lowest BCUT2D eigenvalue weighted by atomic mass is 10.4. The predicted octanol–water partition coefficient (Wildman–Crippen LogP) is 0.691. The summed E-state index contributed by atoms with van der Waals surface area (Å²) in [5.41, 5.74) is 0.365. The minimum Gasteiger partial charge on any atom is -0.424 e. The van der Waals surface area contributed by atoms with Gasteiger partial charge in [-0.3, -0.25) is 0 Å². The number of anilines is 1. The molecule has 1 aromatic rings. The van der Waals surface area contributed by atoms with E-state index in [1.165, 1.54) is 0 Å². The molecule has 0 saturated carbocycles. The molecule has 1 aliphatic heterocycles. The molecule has 2 rings (SSSR count). The molecule has 2 heterocycles. The van der Waals surface area contributed by atoms with Crippen LogP contribution >= 0.6 is 0 Å². The molecule has 74 valence electrons. The van der Waals surface area contributed by atoms with Crippen LogP contribution in [0.3, 0.4) is 0 Å². The highest BCUT2D eigenvalue weighted by molar-refractivity contribution is 5.48. The fourth-order valence-electron chi connectivity index (χ4n) is 1.47. The Bertz CT molecular complexity index is 361. The van der Waals surface area contributed by atoms with E-state index < -0.39 is 0 Å². The standard InChI is InChI=1S/C9H11N3O2/c1-7-11-8(6-10)9(14-7)12-2-4-13-5-3-12/h2-5H2,1H3. The van der Waals surface area contributed by atoms with Crippen molar-refractivity contribution in [3.05, 3.63) is 11.6 Å². The van der Waals surface area contributed by atoms with Crippen molar-refractivity contribution in [2.45, 2.75) is 6.92 Å². The average molecular weight is 193 g/mol. The molecule has 14 heavy (non-hydrogen) atoms. The number of ether oxygens (including phenoxy) is 1. The molecule has 1 saturated heterocycles. The summed E-state index contributed by atoms with van der Waals surface area (Å²) >= 11 is 0. The van der Waals surface area contributed by atoms with E-state index in [2.05, 4.69) is 4.98 Å². The molecule has 0 aliphatic carbocycles. The number of oxazole rings is 1. The second-order valence-corrected chi connectivity index (χ2v) is 3.10. The Hall–Kier alpha value is -1.54. The molecule has 5 heteroatoms. The van der Waals surface area contributed by atoms with Crippen molar-refractivity contribution >= 4 is 5.88 Å². The molecule has 0 amide bonds. The first-order valence-corrected chi connectivity index (χ1v) is 4.51. The van der Waals surface area contributed by atoms with Gasteiger partial charge in [0.25, 0.3) is 0 Å². The number of hydrogen-bond donors (Lipinski definition) is 0. The van der Waals surface area contributed by atoms with Crippen LogP contribution in [0.4, 0.5) is 5.88 Å². The minimum atomic E-state index is 0.365. The van der Waals surface area contributed by atoms with E-state index in [-0.39, 0.29) is 0 Å². The van der Waals surface area contributed by atoms with Crippen molar-refractivity contribution < 1.29 is 9.15 Å². The molecule has 1 aliphatic rings. The van der Waals surface area contributed by atoms with E-state index in [4.69, 9.17) is 14.4 Å². The molecule has 0 spiro atoms. The SMILES string of the molecule is Cc1nc(C#N)c(N2CCOCC2)o1. The second kappa shape index (κ2) is 3.68. The molecular weight excluding hydrogens is 182 g/mol. The van der Waals surface area contributed by atoms with Gasteiger partial charge in [-0.1, -0.05) is 0 Å². The van der Waals surface area contributed by atoms with Gasteiger partial charge in [0.15, 0.2) is 5.89 Å². The third kappa shape index (κ3) is 1.56. The molecular formula is C9H11N3O2. The largest absolute Gasteiger partial charge is 0.424 e. The number of hydrogen-bond acceptors (Lipinski definition) is 5. The first kappa shape index (κ1) is 9.03. The zero-order chi connectivity index (χ0) is 9.97. The molecule has 0 N–H and O–H groups in total. The number of nitriles is 1. The summed E-state index contributed by atoms with van der Waals surface area (Å²) in [6, 6.07) is 2.03. The third-order valence-electron chi connectivity index (χ3n) is 2.12. The Kier molecular flexibility index (Phi) is 2.37. The first-order valence-electron chi connectivity index (χ1n) is 4.51. The van der Waals surface area contributed by atoms with E-state index in [0.29, 0.717) is 30.7 Å². The lowest BCUT2D eigenvalue weighted by Crippen LogP contribution is -2.36. The normalized spacial score (nSPS) is 16.7. The summed E-state index contributed by atoms with van der Waals surface area (Å²) in [4.78, 5) is 5.98. The van der Waals surface area contributed by atoms with E-state index in [1.807, 2.05) is 11.0 Å². The zero-order valence-electron chi connectivity index (χ0n) is 7.99. The monoisotopic (exact) mass is 193 g/mol. The van der Waals surface area contributed by atoms with Crippen molar-refractivity contribution in [3.63, 3.8) is 0 Å². The van der Waals surface area contributed by atoms with Gasteiger partial charge >= 0.3 is 0 Å². The zero-order valence-corrected chi connectivity index (χ0v) is 7.99. The van der Waals surface area contributed by atoms with Gasteiger partial charge in [0.2, 0.25) is 11.6 Å². The van der Waals surface area contributed by atoms with Crippen molar-refractivity contribution in [1.82, 2.24) is 4.98 Å². The van der Waals surface area contributed by atoms with Gasteiger partial charge < -0.3 is 14.1 Å². The van der Waals surface area contributed by atoms with E-state index in [1.54, 1.807) is 6.92 Å². The summed E-state index contributed by atoms with van der Waals surface area (Å²) in [5.74, 6) is 1.11. The van der Waals surface area contributed by atoms with Crippen LogP contribution in [0.5, 0.6) is 0 Å². The Morgan fingerprint density at radius 2 is 2.14 bits per heavy atom. The minimum absolute atomic E-state index is 0.365. The van der Waals surface area contributed by atoms with Gasteiger partial charge in [0, 0.05) is 20.0 Å². The number of aryl methyl sites for hydroxylation is 1. The Balaban J connectivity index is 2.25. The van der Waals surface area contributed by atoms with Crippen molar-refractivity contribution in [2.75, 3.05) is 31.2 Å².